The zero-order chi connectivity index (χ0) is 42.3. The number of hydrogen-bond acceptors (Lipinski definition) is 11. The smallest absolute Gasteiger partial charge is 0.362 e. The van der Waals surface area contributed by atoms with Gasteiger partial charge in [0, 0.05) is 56.0 Å². The van der Waals surface area contributed by atoms with Crippen LogP contribution < -0.4 is 26.5 Å². The Hall–Kier alpha value is -5.90. The predicted octanol–water partition coefficient (Wildman–Crippen LogP) is 2.75. The monoisotopic (exact) mass is 810 g/mol. The number of aliphatic hydroxyl groups is 1. The molecule has 0 aliphatic carbocycles. The molecule has 2 aliphatic heterocycles. The highest BCUT2D eigenvalue weighted by Crippen LogP contribution is 2.25. The van der Waals surface area contributed by atoms with Gasteiger partial charge in [-0.1, -0.05) is 48.4 Å². The quantitative estimate of drug-likeness (QED) is 0.101. The standard InChI is InChI=1S/C43H54N8O8/c1-5-49(6-2)31-20-19-29-23-35(41(57)59-37(29)24-31)51-26-30(47-48-51)25-43(4)42(58)45-33(22-28-14-9-7-10-15-28)40(56)50-21-13-17-34(50)39(55)44-32(38(54)46-43)16-11-8-12-18-36(53)27(3)52/h7,9-10,14-15,19-20,23-24,26-27,32-34,52H,5-6,8,11-13,16-18,21-22,25H2,1-4H3,(H,44,55)(H,45,58)(H,46,54)/t27?,32-,33-,34-,43+/m0/s1. The Morgan fingerprint density at radius 3 is 2.47 bits per heavy atom. The van der Waals surface area contributed by atoms with Crippen molar-refractivity contribution < 1.29 is 33.5 Å². The highest BCUT2D eigenvalue weighted by Gasteiger charge is 2.44. The summed E-state index contributed by atoms with van der Waals surface area (Å²) in [7, 11) is 0. The summed E-state index contributed by atoms with van der Waals surface area (Å²) in [6, 6.07) is 13.5. The summed E-state index contributed by atoms with van der Waals surface area (Å²) in [5, 5.41) is 27.4. The van der Waals surface area contributed by atoms with E-state index in [2.05, 4.69) is 31.2 Å². The summed E-state index contributed by atoms with van der Waals surface area (Å²) in [6.45, 7) is 8.92. The average molecular weight is 811 g/mol. The van der Waals surface area contributed by atoms with E-state index in [-0.39, 0.29) is 42.8 Å². The van der Waals surface area contributed by atoms with Crippen LogP contribution in [-0.4, -0.2) is 104 Å². The number of ketones is 1. The molecule has 5 atom stereocenters. The van der Waals surface area contributed by atoms with E-state index >= 15 is 0 Å². The van der Waals surface area contributed by atoms with E-state index in [0.717, 1.165) is 24.3 Å². The first-order chi connectivity index (χ1) is 28.3. The van der Waals surface area contributed by atoms with Crippen molar-refractivity contribution in [1.29, 1.82) is 0 Å². The maximum Gasteiger partial charge on any atom is 0.362 e. The molecule has 2 saturated heterocycles. The molecule has 0 bridgehead atoms. The first-order valence-corrected chi connectivity index (χ1v) is 20.5. The van der Waals surface area contributed by atoms with Crippen molar-refractivity contribution in [1.82, 2.24) is 35.8 Å². The van der Waals surface area contributed by atoms with Crippen molar-refractivity contribution in [3.05, 3.63) is 82.5 Å². The molecule has 59 heavy (non-hydrogen) atoms. The number of nitrogens with zero attached hydrogens (tertiary/aromatic N) is 5. The molecule has 4 heterocycles. The second-order valence-electron chi connectivity index (χ2n) is 15.7. The van der Waals surface area contributed by atoms with E-state index in [9.17, 15) is 33.9 Å². The number of carbonyl (C=O) groups is 5. The van der Waals surface area contributed by atoms with Crippen molar-refractivity contribution in [3.8, 4) is 5.69 Å². The normalized spacial score (nSPS) is 21.8. The Labute approximate surface area is 342 Å². The molecule has 1 unspecified atom stereocenters. The van der Waals surface area contributed by atoms with Crippen molar-refractivity contribution in [2.75, 3.05) is 24.5 Å². The Kier molecular flexibility index (Phi) is 13.6. The largest absolute Gasteiger partial charge is 0.421 e. The van der Waals surface area contributed by atoms with Crippen molar-refractivity contribution in [2.24, 2.45) is 0 Å². The highest BCUT2D eigenvalue weighted by atomic mass is 16.4. The van der Waals surface area contributed by atoms with Gasteiger partial charge in [-0.25, -0.2) is 9.48 Å². The molecule has 2 fully saturated rings. The molecule has 4 amide bonds. The van der Waals surface area contributed by atoms with Gasteiger partial charge in [0.25, 0.3) is 0 Å². The number of benzene rings is 2. The third-order valence-corrected chi connectivity index (χ3v) is 11.3. The Balaban J connectivity index is 1.30. The first-order valence-electron chi connectivity index (χ1n) is 20.5. The summed E-state index contributed by atoms with van der Waals surface area (Å²) in [4.78, 5) is 85.9. The van der Waals surface area contributed by atoms with Crippen LogP contribution in [-0.2, 0) is 36.8 Å². The third kappa shape index (κ3) is 10.0. The molecule has 4 N–H and O–H groups in total. The van der Waals surface area contributed by atoms with Crippen molar-refractivity contribution >= 4 is 46.1 Å². The number of hydrogen-bond donors (Lipinski definition) is 4. The van der Waals surface area contributed by atoms with Gasteiger partial charge in [-0.3, -0.25) is 24.0 Å². The van der Waals surface area contributed by atoms with Gasteiger partial charge in [-0.05, 0) is 77.1 Å². The van der Waals surface area contributed by atoms with E-state index < -0.39 is 59.0 Å². The SMILES string of the molecule is CCN(CC)c1ccc2cc(-n3cc(C[C@@]4(C)NC(=O)[C@H](CCCCCC(=O)C(C)O)NC(=O)[C@@H]5CCCN5C(=O)[C@H](Cc5ccccc5)NC4=O)nn3)c(=O)oc2c1. The van der Waals surface area contributed by atoms with Gasteiger partial charge in [-0.15, -0.1) is 5.10 Å². The molecule has 16 heteroatoms. The summed E-state index contributed by atoms with van der Waals surface area (Å²) in [5.41, 5.74) is 0.102. The summed E-state index contributed by atoms with van der Waals surface area (Å²) >= 11 is 0. The molecule has 6 rings (SSSR count). The van der Waals surface area contributed by atoms with E-state index in [4.69, 9.17) is 4.42 Å². The van der Waals surface area contributed by atoms with Gasteiger partial charge in [0.2, 0.25) is 23.6 Å². The number of fused-ring (bicyclic) bond motifs is 2. The summed E-state index contributed by atoms with van der Waals surface area (Å²) < 4.78 is 6.98. The van der Waals surface area contributed by atoms with Crippen molar-refractivity contribution in [3.63, 3.8) is 0 Å². The van der Waals surface area contributed by atoms with Crippen LogP contribution in [0, 0.1) is 0 Å². The lowest BCUT2D eigenvalue weighted by Crippen LogP contribution is -2.66. The van der Waals surface area contributed by atoms with Crippen LogP contribution in [0.1, 0.15) is 83.9 Å². The van der Waals surface area contributed by atoms with E-state index in [0.29, 0.717) is 49.6 Å². The summed E-state index contributed by atoms with van der Waals surface area (Å²) in [5.74, 6) is -2.41. The Morgan fingerprint density at radius 1 is 0.983 bits per heavy atom. The lowest BCUT2D eigenvalue weighted by atomic mass is 9.92. The van der Waals surface area contributed by atoms with E-state index in [1.165, 1.54) is 29.6 Å². The van der Waals surface area contributed by atoms with Gasteiger partial charge in [0.05, 0.1) is 11.9 Å². The van der Waals surface area contributed by atoms with Crippen molar-refractivity contribution in [2.45, 2.75) is 115 Å². The van der Waals surface area contributed by atoms with Crippen LogP contribution in [0.3, 0.4) is 0 Å². The Morgan fingerprint density at radius 2 is 1.75 bits per heavy atom. The van der Waals surface area contributed by atoms with Crippen LogP contribution >= 0.6 is 0 Å². The molecule has 0 saturated carbocycles. The molecule has 2 aliphatic rings. The fraction of sp³-hybridized carbons (Fsp3) is 0.488. The topological polar surface area (TPSA) is 209 Å². The molecule has 0 radical (unpaired) electrons. The molecule has 16 nitrogen and oxygen atoms in total. The minimum atomic E-state index is -1.72. The molecular weight excluding hydrogens is 757 g/mol. The number of aliphatic hydroxyl groups excluding tert-OH is 1. The van der Waals surface area contributed by atoms with Crippen LogP contribution in [0.5, 0.6) is 0 Å². The van der Waals surface area contributed by atoms with E-state index in [1.54, 1.807) is 6.07 Å². The predicted molar refractivity (Wildman–Crippen MR) is 220 cm³/mol. The fourth-order valence-corrected chi connectivity index (χ4v) is 7.87. The second-order valence-corrected chi connectivity index (χ2v) is 15.7. The Bertz CT molecular complexity index is 2220. The zero-order valence-electron chi connectivity index (χ0n) is 34.1. The molecule has 314 valence electrons. The number of carbonyl (C=O) groups excluding carboxylic acids is 5. The molecular formula is C43H54N8O8. The average Bonchev–Trinajstić information content (AvgIpc) is 3.90. The third-order valence-electron chi connectivity index (χ3n) is 11.3. The number of anilines is 1. The fourth-order valence-electron chi connectivity index (χ4n) is 7.87. The van der Waals surface area contributed by atoms with Gasteiger partial charge in [-0.2, -0.15) is 0 Å². The highest BCUT2D eigenvalue weighted by molar-refractivity contribution is 5.99. The van der Waals surface area contributed by atoms with E-state index in [1.807, 2.05) is 62.4 Å². The second kappa shape index (κ2) is 18.8. The zero-order valence-corrected chi connectivity index (χ0v) is 34.1. The number of rotatable bonds is 15. The lowest BCUT2D eigenvalue weighted by Gasteiger charge is -2.36. The van der Waals surface area contributed by atoms with Crippen LogP contribution in [0.25, 0.3) is 16.7 Å². The number of nitrogens with one attached hydrogen (secondary N) is 3. The molecule has 2 aromatic heterocycles. The number of unbranched alkanes of at least 4 members (excludes halogenated alkanes) is 2. The minimum absolute atomic E-state index is 0.0933. The molecule has 2 aromatic carbocycles. The maximum atomic E-state index is 14.6. The maximum absolute atomic E-state index is 14.6. The molecule has 4 aromatic rings. The van der Waals surface area contributed by atoms with Crippen LogP contribution in [0.15, 0.2) is 70.0 Å². The van der Waals surface area contributed by atoms with Gasteiger partial charge >= 0.3 is 5.63 Å². The summed E-state index contributed by atoms with van der Waals surface area (Å²) in [6.07, 6.45) is 3.22. The van der Waals surface area contributed by atoms with Crippen LogP contribution in [0.4, 0.5) is 5.69 Å². The van der Waals surface area contributed by atoms with Gasteiger partial charge < -0.3 is 35.3 Å². The van der Waals surface area contributed by atoms with Crippen LogP contribution in [0.2, 0.25) is 0 Å². The number of Topliss-reactive ketones (excluding diaryl/α,β-unsaturated/α-hetero) is 1. The first kappa shape index (κ1) is 42.7. The number of amides is 4. The number of aromatic nitrogens is 3. The minimum Gasteiger partial charge on any atom is -0.421 e. The lowest BCUT2D eigenvalue weighted by molar-refractivity contribution is -0.144. The van der Waals surface area contributed by atoms with Gasteiger partial charge in [0.15, 0.2) is 11.5 Å². The molecule has 0 spiro atoms. The van der Waals surface area contributed by atoms with Gasteiger partial charge in [0.1, 0.15) is 35.4 Å².